The summed E-state index contributed by atoms with van der Waals surface area (Å²) in [6, 6.07) is 12.0. The van der Waals surface area contributed by atoms with Crippen molar-refractivity contribution in [1.29, 1.82) is 0 Å². The molecular formula is C19H24O7S2. The van der Waals surface area contributed by atoms with Gasteiger partial charge in [0.05, 0.1) is 23.0 Å². The molecule has 2 aromatic carbocycles. The molecule has 0 fully saturated rings. The minimum absolute atomic E-state index is 0.161. The SMILES string of the molecule is CS(=O)(=O)c1ccc(OCCCCCCOc2ccc(S(=O)(=O)O)cc2)cc1. The highest BCUT2D eigenvalue weighted by Crippen LogP contribution is 2.17. The van der Waals surface area contributed by atoms with Crippen LogP contribution in [0.5, 0.6) is 11.5 Å². The Hall–Kier alpha value is -2.10. The first-order valence-electron chi connectivity index (χ1n) is 8.79. The monoisotopic (exact) mass is 428 g/mol. The van der Waals surface area contributed by atoms with E-state index in [0.29, 0.717) is 24.7 Å². The molecule has 7 nitrogen and oxygen atoms in total. The number of sulfone groups is 1. The van der Waals surface area contributed by atoms with Crippen LogP contribution in [-0.4, -0.2) is 40.9 Å². The van der Waals surface area contributed by atoms with E-state index in [2.05, 4.69) is 0 Å². The molecule has 0 unspecified atom stereocenters. The maximum absolute atomic E-state index is 11.4. The average Bonchev–Trinajstić information content (AvgIpc) is 2.63. The molecule has 0 amide bonds. The lowest BCUT2D eigenvalue weighted by Gasteiger charge is -2.08. The number of rotatable bonds is 11. The van der Waals surface area contributed by atoms with E-state index in [-0.39, 0.29) is 9.79 Å². The lowest BCUT2D eigenvalue weighted by Crippen LogP contribution is -2.01. The molecule has 0 aromatic heterocycles. The van der Waals surface area contributed by atoms with Gasteiger partial charge in [0, 0.05) is 6.26 Å². The van der Waals surface area contributed by atoms with Gasteiger partial charge in [0.15, 0.2) is 9.84 Å². The fourth-order valence-corrected chi connectivity index (χ4v) is 3.54. The number of hydrogen-bond acceptors (Lipinski definition) is 6. The summed E-state index contributed by atoms with van der Waals surface area (Å²) in [7, 11) is -7.37. The molecule has 0 aliphatic heterocycles. The highest BCUT2D eigenvalue weighted by molar-refractivity contribution is 7.90. The van der Waals surface area contributed by atoms with Gasteiger partial charge in [-0.2, -0.15) is 8.42 Å². The summed E-state index contributed by atoms with van der Waals surface area (Å²) < 4.78 is 64.7. The van der Waals surface area contributed by atoms with Gasteiger partial charge in [0.2, 0.25) is 0 Å². The molecule has 0 saturated carbocycles. The van der Waals surface area contributed by atoms with E-state index < -0.39 is 20.0 Å². The van der Waals surface area contributed by atoms with Crippen molar-refractivity contribution in [1.82, 2.24) is 0 Å². The lowest BCUT2D eigenvalue weighted by atomic mass is 10.2. The van der Waals surface area contributed by atoms with E-state index >= 15 is 0 Å². The molecule has 9 heteroatoms. The minimum Gasteiger partial charge on any atom is -0.494 e. The molecule has 0 saturated heterocycles. The Labute approximate surface area is 166 Å². The predicted molar refractivity (Wildman–Crippen MR) is 105 cm³/mol. The second-order valence-electron chi connectivity index (χ2n) is 6.30. The first-order chi connectivity index (χ1) is 13.2. The number of unbranched alkanes of at least 4 members (excludes halogenated alkanes) is 3. The Morgan fingerprint density at radius 2 is 1.07 bits per heavy atom. The van der Waals surface area contributed by atoms with E-state index in [9.17, 15) is 16.8 Å². The maximum Gasteiger partial charge on any atom is 0.294 e. The molecule has 0 bridgehead atoms. The summed E-state index contributed by atoms with van der Waals surface area (Å²) in [5.41, 5.74) is 0. The van der Waals surface area contributed by atoms with E-state index in [1.807, 2.05) is 0 Å². The quantitative estimate of drug-likeness (QED) is 0.432. The second kappa shape index (κ2) is 9.90. The van der Waals surface area contributed by atoms with Crippen LogP contribution in [0, 0.1) is 0 Å². The van der Waals surface area contributed by atoms with Crippen molar-refractivity contribution in [2.45, 2.75) is 35.5 Å². The molecule has 0 aliphatic carbocycles. The normalized spacial score (nSPS) is 11.9. The zero-order valence-electron chi connectivity index (χ0n) is 15.6. The van der Waals surface area contributed by atoms with Gasteiger partial charge >= 0.3 is 0 Å². The van der Waals surface area contributed by atoms with Crippen LogP contribution >= 0.6 is 0 Å². The van der Waals surface area contributed by atoms with Crippen molar-refractivity contribution in [2.24, 2.45) is 0 Å². The number of hydrogen-bond donors (Lipinski definition) is 1. The molecular weight excluding hydrogens is 404 g/mol. The van der Waals surface area contributed by atoms with E-state index in [4.69, 9.17) is 14.0 Å². The van der Waals surface area contributed by atoms with Crippen LogP contribution in [0.1, 0.15) is 25.7 Å². The topological polar surface area (TPSA) is 107 Å². The molecule has 28 heavy (non-hydrogen) atoms. The van der Waals surface area contributed by atoms with Crippen molar-refractivity contribution in [3.63, 3.8) is 0 Å². The fourth-order valence-electron chi connectivity index (χ4n) is 2.43. The third-order valence-corrected chi connectivity index (χ3v) is 5.95. The lowest BCUT2D eigenvalue weighted by molar-refractivity contribution is 0.287. The predicted octanol–water partition coefficient (Wildman–Crippen LogP) is 3.36. The zero-order chi connectivity index (χ0) is 20.6. The molecule has 0 atom stereocenters. The largest absolute Gasteiger partial charge is 0.494 e. The standard InChI is InChI=1S/C19H24O7S2/c1-27(20,21)18-10-6-16(7-11-18)25-14-4-2-3-5-15-26-17-8-12-19(13-9-17)28(22,23)24/h6-13H,2-5,14-15H2,1H3,(H,22,23,24). The Bertz CT molecular complexity index is 867. The van der Waals surface area contributed by atoms with Crippen LogP contribution in [-0.2, 0) is 20.0 Å². The number of benzene rings is 2. The van der Waals surface area contributed by atoms with Gasteiger partial charge in [-0.25, -0.2) is 8.42 Å². The Kier molecular flexibility index (Phi) is 7.85. The Morgan fingerprint density at radius 3 is 1.43 bits per heavy atom. The van der Waals surface area contributed by atoms with Gasteiger partial charge in [0.1, 0.15) is 11.5 Å². The molecule has 1 N–H and O–H groups in total. The third kappa shape index (κ3) is 7.49. The smallest absolute Gasteiger partial charge is 0.294 e. The fraction of sp³-hybridized carbons (Fsp3) is 0.368. The molecule has 0 aliphatic rings. The van der Waals surface area contributed by atoms with Gasteiger partial charge in [-0.15, -0.1) is 0 Å². The van der Waals surface area contributed by atoms with E-state index in [1.54, 1.807) is 12.1 Å². The Balaban J connectivity index is 1.57. The molecule has 0 heterocycles. The van der Waals surface area contributed by atoms with Crippen molar-refractivity contribution >= 4 is 20.0 Å². The van der Waals surface area contributed by atoms with Crippen LogP contribution in [0.25, 0.3) is 0 Å². The van der Waals surface area contributed by atoms with Crippen molar-refractivity contribution in [3.05, 3.63) is 48.5 Å². The van der Waals surface area contributed by atoms with Gasteiger partial charge in [-0.3, -0.25) is 4.55 Å². The van der Waals surface area contributed by atoms with Crippen molar-refractivity contribution in [2.75, 3.05) is 19.5 Å². The van der Waals surface area contributed by atoms with E-state index in [1.165, 1.54) is 42.7 Å². The molecule has 0 radical (unpaired) electrons. The molecule has 2 aromatic rings. The average molecular weight is 429 g/mol. The summed E-state index contributed by atoms with van der Waals surface area (Å²) in [4.78, 5) is 0.110. The van der Waals surface area contributed by atoms with Crippen LogP contribution in [0.3, 0.4) is 0 Å². The summed E-state index contributed by atoms with van der Waals surface area (Å²) in [5, 5.41) is 0. The molecule has 0 spiro atoms. The second-order valence-corrected chi connectivity index (χ2v) is 9.74. The van der Waals surface area contributed by atoms with Gasteiger partial charge in [-0.1, -0.05) is 0 Å². The summed E-state index contributed by atoms with van der Waals surface area (Å²) >= 11 is 0. The van der Waals surface area contributed by atoms with Crippen LogP contribution in [0.15, 0.2) is 58.3 Å². The van der Waals surface area contributed by atoms with Gasteiger partial charge in [-0.05, 0) is 74.2 Å². The van der Waals surface area contributed by atoms with Crippen LogP contribution in [0.4, 0.5) is 0 Å². The highest BCUT2D eigenvalue weighted by Gasteiger charge is 2.08. The summed E-state index contributed by atoms with van der Waals surface area (Å²) in [5.74, 6) is 1.19. The molecule has 154 valence electrons. The summed E-state index contributed by atoms with van der Waals surface area (Å²) in [6.07, 6.45) is 4.81. The molecule has 2 rings (SSSR count). The first kappa shape index (κ1) is 22.2. The van der Waals surface area contributed by atoms with Crippen LogP contribution < -0.4 is 9.47 Å². The Morgan fingerprint density at radius 1 is 0.679 bits per heavy atom. The third-order valence-electron chi connectivity index (χ3n) is 3.95. The van der Waals surface area contributed by atoms with Crippen molar-refractivity contribution < 1.29 is 30.9 Å². The zero-order valence-corrected chi connectivity index (χ0v) is 17.2. The van der Waals surface area contributed by atoms with Gasteiger partial charge < -0.3 is 9.47 Å². The summed E-state index contributed by atoms with van der Waals surface area (Å²) in [6.45, 7) is 1.06. The first-order valence-corrected chi connectivity index (χ1v) is 12.1. The number of ether oxygens (including phenoxy) is 2. The minimum atomic E-state index is -4.18. The van der Waals surface area contributed by atoms with Gasteiger partial charge in [0.25, 0.3) is 10.1 Å². The van der Waals surface area contributed by atoms with Crippen molar-refractivity contribution in [3.8, 4) is 11.5 Å². The van der Waals surface area contributed by atoms with E-state index in [0.717, 1.165) is 25.7 Å². The highest BCUT2D eigenvalue weighted by atomic mass is 32.2. The van der Waals surface area contributed by atoms with Crippen LogP contribution in [0.2, 0.25) is 0 Å². The maximum atomic E-state index is 11.4.